The zero-order valence-corrected chi connectivity index (χ0v) is 14.9. The molecule has 122 valence electrons. The number of anilines is 1. The minimum atomic E-state index is -0.325. The van der Waals surface area contributed by atoms with Crippen LogP contribution in [0.2, 0.25) is 0 Å². The molecule has 2 heterocycles. The van der Waals surface area contributed by atoms with Gasteiger partial charge in [0.1, 0.15) is 5.01 Å². The Bertz CT molecular complexity index is 583. The number of hydrogen-bond acceptors (Lipinski definition) is 5. The van der Waals surface area contributed by atoms with Crippen LogP contribution in [-0.2, 0) is 15.0 Å². The summed E-state index contributed by atoms with van der Waals surface area (Å²) in [4.78, 5) is 26.1. The van der Waals surface area contributed by atoms with Gasteiger partial charge in [0.15, 0.2) is 0 Å². The Morgan fingerprint density at radius 3 is 2.32 bits per heavy atom. The number of hydrogen-bond donors (Lipinski definition) is 1. The van der Waals surface area contributed by atoms with Gasteiger partial charge in [-0.3, -0.25) is 9.59 Å². The second-order valence-electron chi connectivity index (χ2n) is 7.73. The summed E-state index contributed by atoms with van der Waals surface area (Å²) in [6.45, 7) is 12.5. The van der Waals surface area contributed by atoms with Crippen molar-refractivity contribution < 1.29 is 9.59 Å². The van der Waals surface area contributed by atoms with E-state index in [1.165, 1.54) is 11.3 Å². The Balaban J connectivity index is 2.02. The lowest BCUT2D eigenvalue weighted by Crippen LogP contribution is -2.42. The number of nitrogens with one attached hydrogen (secondary N) is 1. The molecule has 0 unspecified atom stereocenters. The van der Waals surface area contributed by atoms with Crippen molar-refractivity contribution in [1.29, 1.82) is 0 Å². The molecule has 1 aliphatic rings. The fourth-order valence-electron chi connectivity index (χ4n) is 2.32. The summed E-state index contributed by atoms with van der Waals surface area (Å²) in [5.74, 6) is -0.453. The number of amides is 2. The van der Waals surface area contributed by atoms with Gasteiger partial charge in [-0.25, -0.2) is 0 Å². The highest BCUT2D eigenvalue weighted by atomic mass is 32.1. The van der Waals surface area contributed by atoms with Crippen LogP contribution in [0.3, 0.4) is 0 Å². The van der Waals surface area contributed by atoms with E-state index in [-0.39, 0.29) is 35.1 Å². The Kier molecular flexibility index (Phi) is 4.30. The Morgan fingerprint density at radius 2 is 1.86 bits per heavy atom. The maximum atomic E-state index is 12.3. The van der Waals surface area contributed by atoms with Crippen LogP contribution in [0, 0.1) is 5.92 Å². The zero-order valence-electron chi connectivity index (χ0n) is 14.1. The molecule has 1 saturated heterocycles. The highest BCUT2D eigenvalue weighted by Crippen LogP contribution is 2.30. The monoisotopic (exact) mass is 324 g/mol. The fourth-order valence-corrected chi connectivity index (χ4v) is 3.12. The smallest absolute Gasteiger partial charge is 0.231 e. The highest BCUT2D eigenvalue weighted by molar-refractivity contribution is 7.15. The summed E-state index contributed by atoms with van der Waals surface area (Å²) in [5, 5.41) is 12.3. The van der Waals surface area contributed by atoms with Crippen LogP contribution in [0.1, 0.15) is 53.0 Å². The summed E-state index contributed by atoms with van der Waals surface area (Å²) in [7, 11) is 0. The lowest BCUT2D eigenvalue weighted by Gasteiger charge is -2.31. The van der Waals surface area contributed by atoms with Crippen molar-refractivity contribution in [3.63, 3.8) is 0 Å². The maximum absolute atomic E-state index is 12.3. The zero-order chi connectivity index (χ0) is 16.7. The number of aromatic nitrogens is 2. The van der Waals surface area contributed by atoms with E-state index in [2.05, 4.69) is 36.3 Å². The van der Waals surface area contributed by atoms with Gasteiger partial charge in [0.05, 0.1) is 5.92 Å². The average Bonchev–Trinajstić information content (AvgIpc) is 2.93. The van der Waals surface area contributed by atoms with Gasteiger partial charge in [0, 0.05) is 23.9 Å². The van der Waals surface area contributed by atoms with E-state index in [4.69, 9.17) is 0 Å². The third-order valence-corrected chi connectivity index (χ3v) is 4.87. The van der Waals surface area contributed by atoms with E-state index < -0.39 is 0 Å². The molecule has 1 N–H and O–H groups in total. The molecule has 0 aromatic carbocycles. The van der Waals surface area contributed by atoms with Gasteiger partial charge in [0.2, 0.25) is 16.9 Å². The minimum absolute atomic E-state index is 0.0281. The van der Waals surface area contributed by atoms with Crippen LogP contribution >= 0.6 is 11.3 Å². The molecule has 6 nitrogen and oxygen atoms in total. The van der Waals surface area contributed by atoms with E-state index in [1.54, 1.807) is 4.90 Å². The average molecular weight is 324 g/mol. The molecule has 1 aromatic heterocycles. The molecule has 22 heavy (non-hydrogen) atoms. The van der Waals surface area contributed by atoms with E-state index >= 15 is 0 Å². The number of likely N-dealkylation sites (tertiary alicyclic amines) is 1. The van der Waals surface area contributed by atoms with Crippen LogP contribution < -0.4 is 5.32 Å². The van der Waals surface area contributed by atoms with Crippen molar-refractivity contribution in [2.24, 2.45) is 5.92 Å². The third-order valence-electron chi connectivity index (χ3n) is 3.60. The molecule has 2 rings (SSSR count). The van der Waals surface area contributed by atoms with Crippen LogP contribution in [0.25, 0.3) is 0 Å². The third kappa shape index (κ3) is 3.63. The first kappa shape index (κ1) is 16.9. The SMILES string of the molecule is CC(C)(C)c1nnc(NC(=O)[C@@H]2CC(=O)N(C(C)(C)C)C2)s1. The molecule has 1 aromatic rings. The van der Waals surface area contributed by atoms with Crippen molar-refractivity contribution in [3.8, 4) is 0 Å². The highest BCUT2D eigenvalue weighted by Gasteiger charge is 2.39. The van der Waals surface area contributed by atoms with E-state index in [9.17, 15) is 9.59 Å². The van der Waals surface area contributed by atoms with Gasteiger partial charge in [0.25, 0.3) is 0 Å². The largest absolute Gasteiger partial charge is 0.337 e. The van der Waals surface area contributed by atoms with E-state index in [1.807, 2.05) is 20.8 Å². The van der Waals surface area contributed by atoms with Crippen molar-refractivity contribution in [2.75, 3.05) is 11.9 Å². The molecule has 1 atom stereocenters. The molecule has 1 aliphatic heterocycles. The van der Waals surface area contributed by atoms with Crippen molar-refractivity contribution >= 4 is 28.3 Å². The number of carbonyl (C=O) groups is 2. The topological polar surface area (TPSA) is 75.2 Å². The molecule has 0 bridgehead atoms. The molecule has 0 saturated carbocycles. The van der Waals surface area contributed by atoms with Crippen molar-refractivity contribution in [2.45, 2.75) is 58.9 Å². The first-order valence-corrected chi connectivity index (χ1v) is 8.25. The van der Waals surface area contributed by atoms with Gasteiger partial charge in [-0.15, -0.1) is 10.2 Å². The predicted molar refractivity (Wildman–Crippen MR) is 86.8 cm³/mol. The summed E-state index contributed by atoms with van der Waals surface area (Å²) in [6.07, 6.45) is 0.258. The number of rotatable bonds is 2. The van der Waals surface area contributed by atoms with Crippen LogP contribution in [0.15, 0.2) is 0 Å². The van der Waals surface area contributed by atoms with Crippen molar-refractivity contribution in [1.82, 2.24) is 15.1 Å². The Morgan fingerprint density at radius 1 is 1.23 bits per heavy atom. The summed E-state index contributed by atoms with van der Waals surface area (Å²) in [5.41, 5.74) is -0.346. The fraction of sp³-hybridized carbons (Fsp3) is 0.733. The number of carbonyl (C=O) groups excluding carboxylic acids is 2. The van der Waals surface area contributed by atoms with E-state index in [0.29, 0.717) is 11.7 Å². The van der Waals surface area contributed by atoms with Gasteiger partial charge in [-0.05, 0) is 20.8 Å². The van der Waals surface area contributed by atoms with E-state index in [0.717, 1.165) is 5.01 Å². The second kappa shape index (κ2) is 5.61. The Labute approximate surface area is 135 Å². The summed E-state index contributed by atoms with van der Waals surface area (Å²) >= 11 is 1.38. The van der Waals surface area contributed by atoms with Gasteiger partial charge < -0.3 is 10.2 Å². The normalized spacial score (nSPS) is 19.6. The number of nitrogens with zero attached hydrogens (tertiary/aromatic N) is 3. The lowest BCUT2D eigenvalue weighted by atomic mass is 9.98. The van der Waals surface area contributed by atoms with Gasteiger partial charge >= 0.3 is 0 Å². The Hall–Kier alpha value is -1.50. The lowest BCUT2D eigenvalue weighted by molar-refractivity contribution is -0.131. The van der Waals surface area contributed by atoms with Gasteiger partial charge in [-0.2, -0.15) is 0 Å². The molecular weight excluding hydrogens is 300 g/mol. The molecular formula is C15H24N4O2S. The minimum Gasteiger partial charge on any atom is -0.337 e. The van der Waals surface area contributed by atoms with Crippen LogP contribution in [0.4, 0.5) is 5.13 Å². The molecule has 1 fully saturated rings. The first-order chi connectivity index (χ1) is 9.98. The molecule has 2 amide bonds. The second-order valence-corrected chi connectivity index (χ2v) is 8.71. The maximum Gasteiger partial charge on any atom is 0.231 e. The predicted octanol–water partition coefficient (Wildman–Crippen LogP) is 2.42. The quantitative estimate of drug-likeness (QED) is 0.906. The molecule has 0 aliphatic carbocycles. The molecule has 7 heteroatoms. The first-order valence-electron chi connectivity index (χ1n) is 7.44. The molecule has 0 radical (unpaired) electrons. The van der Waals surface area contributed by atoms with Crippen LogP contribution in [-0.4, -0.2) is 39.0 Å². The van der Waals surface area contributed by atoms with Crippen molar-refractivity contribution in [3.05, 3.63) is 5.01 Å². The summed E-state index contributed by atoms with van der Waals surface area (Å²) < 4.78 is 0. The molecule has 0 spiro atoms. The van der Waals surface area contributed by atoms with Gasteiger partial charge in [-0.1, -0.05) is 32.1 Å². The summed E-state index contributed by atoms with van der Waals surface area (Å²) in [6, 6.07) is 0. The standard InChI is InChI=1S/C15H24N4O2S/c1-14(2,3)12-17-18-13(22-12)16-11(21)9-7-10(20)19(8-9)15(4,5)6/h9H,7-8H2,1-6H3,(H,16,18,21)/t9-/m1/s1. The van der Waals surface area contributed by atoms with Crippen LogP contribution in [0.5, 0.6) is 0 Å².